The number of hydrogen-bond donors (Lipinski definition) is 1. The van der Waals surface area contributed by atoms with Crippen LogP contribution in [0.3, 0.4) is 0 Å². The molecule has 2 saturated heterocycles. The van der Waals surface area contributed by atoms with Gasteiger partial charge in [-0.1, -0.05) is 0 Å². The van der Waals surface area contributed by atoms with E-state index in [1.54, 1.807) is 25.3 Å². The molecule has 2 fully saturated rings. The van der Waals surface area contributed by atoms with Crippen molar-refractivity contribution < 1.29 is 19.1 Å². The highest BCUT2D eigenvalue weighted by Gasteiger charge is 2.45. The number of benzene rings is 1. The van der Waals surface area contributed by atoms with E-state index in [2.05, 4.69) is 0 Å². The van der Waals surface area contributed by atoms with E-state index in [0.29, 0.717) is 49.7 Å². The Bertz CT molecular complexity index is 683. The first-order valence-corrected chi connectivity index (χ1v) is 9.07. The van der Waals surface area contributed by atoms with E-state index in [1.165, 1.54) is 0 Å². The Morgan fingerprint density at radius 2 is 1.96 bits per heavy atom. The minimum absolute atomic E-state index is 0.0181. The molecular formula is C19H27N3O4. The van der Waals surface area contributed by atoms with Crippen LogP contribution in [0.4, 0.5) is 0 Å². The number of methoxy groups -OCH3 is 1. The van der Waals surface area contributed by atoms with Gasteiger partial charge in [0.25, 0.3) is 5.91 Å². The van der Waals surface area contributed by atoms with E-state index in [0.717, 1.165) is 19.3 Å². The average Bonchev–Trinajstić information content (AvgIpc) is 2.95. The minimum atomic E-state index is -0.0640. The van der Waals surface area contributed by atoms with Crippen LogP contribution in [0, 0.1) is 0 Å². The molecule has 7 nitrogen and oxygen atoms in total. The van der Waals surface area contributed by atoms with Crippen LogP contribution in [-0.4, -0.2) is 67.6 Å². The van der Waals surface area contributed by atoms with Crippen molar-refractivity contribution in [2.75, 3.05) is 40.4 Å². The Hall–Kier alpha value is -2.28. The van der Waals surface area contributed by atoms with Gasteiger partial charge in [0.15, 0.2) is 11.5 Å². The highest BCUT2D eigenvalue weighted by molar-refractivity contribution is 5.95. The second-order valence-electron chi connectivity index (χ2n) is 6.97. The zero-order chi connectivity index (χ0) is 18.7. The number of amides is 2. The predicted octanol–water partition coefficient (Wildman–Crippen LogP) is 1.26. The Balaban J connectivity index is 1.68. The lowest BCUT2D eigenvalue weighted by molar-refractivity contribution is -0.130. The van der Waals surface area contributed by atoms with Crippen molar-refractivity contribution in [2.24, 2.45) is 5.73 Å². The average molecular weight is 361 g/mol. The zero-order valence-corrected chi connectivity index (χ0v) is 15.5. The molecule has 0 bridgehead atoms. The summed E-state index contributed by atoms with van der Waals surface area (Å²) in [5.41, 5.74) is 5.97. The van der Waals surface area contributed by atoms with Gasteiger partial charge in [0.2, 0.25) is 5.91 Å². The van der Waals surface area contributed by atoms with E-state index in [9.17, 15) is 9.59 Å². The first kappa shape index (κ1) is 18.5. The molecular weight excluding hydrogens is 334 g/mol. The SMILES string of the molecule is COc1cc(C(=O)N2CCC3(CCC(=O)N3C)CC2)ccc1OCCN. The lowest BCUT2D eigenvalue weighted by Crippen LogP contribution is -2.52. The number of carbonyl (C=O) groups excluding carboxylic acids is 2. The maximum absolute atomic E-state index is 12.9. The normalized spacial score (nSPS) is 19.1. The number of hydrogen-bond acceptors (Lipinski definition) is 5. The number of ether oxygens (including phenoxy) is 2. The number of rotatable bonds is 5. The fraction of sp³-hybridized carbons (Fsp3) is 0.579. The largest absolute Gasteiger partial charge is 0.493 e. The molecule has 0 aromatic heterocycles. The predicted molar refractivity (Wildman–Crippen MR) is 97.4 cm³/mol. The molecule has 0 saturated carbocycles. The minimum Gasteiger partial charge on any atom is -0.493 e. The van der Waals surface area contributed by atoms with E-state index in [1.807, 2.05) is 16.8 Å². The van der Waals surface area contributed by atoms with Gasteiger partial charge < -0.3 is 25.0 Å². The van der Waals surface area contributed by atoms with Gasteiger partial charge in [-0.3, -0.25) is 9.59 Å². The molecule has 0 atom stereocenters. The second kappa shape index (κ2) is 7.53. The number of carbonyl (C=O) groups is 2. The summed E-state index contributed by atoms with van der Waals surface area (Å²) in [6.45, 7) is 2.12. The van der Waals surface area contributed by atoms with Gasteiger partial charge in [-0.05, 0) is 37.5 Å². The molecule has 2 heterocycles. The third-order valence-electron chi connectivity index (χ3n) is 5.66. The summed E-state index contributed by atoms with van der Waals surface area (Å²) in [4.78, 5) is 28.5. The molecule has 1 aromatic rings. The number of likely N-dealkylation sites (tertiary alicyclic amines) is 2. The summed E-state index contributed by atoms with van der Waals surface area (Å²) in [6, 6.07) is 5.21. The highest BCUT2D eigenvalue weighted by Crippen LogP contribution is 2.38. The molecule has 7 heteroatoms. The van der Waals surface area contributed by atoms with Crippen LogP contribution in [-0.2, 0) is 4.79 Å². The molecule has 3 rings (SSSR count). The first-order chi connectivity index (χ1) is 12.5. The molecule has 2 aliphatic heterocycles. The topological polar surface area (TPSA) is 85.1 Å². The smallest absolute Gasteiger partial charge is 0.253 e. The lowest BCUT2D eigenvalue weighted by atomic mass is 9.85. The molecule has 2 amide bonds. The van der Waals surface area contributed by atoms with Gasteiger partial charge in [0.1, 0.15) is 6.61 Å². The van der Waals surface area contributed by atoms with Crippen molar-refractivity contribution in [2.45, 2.75) is 31.2 Å². The van der Waals surface area contributed by atoms with Crippen LogP contribution in [0.15, 0.2) is 18.2 Å². The first-order valence-electron chi connectivity index (χ1n) is 9.07. The third kappa shape index (κ3) is 3.35. The van der Waals surface area contributed by atoms with Crippen molar-refractivity contribution >= 4 is 11.8 Å². The van der Waals surface area contributed by atoms with Crippen molar-refractivity contribution in [3.63, 3.8) is 0 Å². The van der Waals surface area contributed by atoms with Crippen LogP contribution < -0.4 is 15.2 Å². The lowest BCUT2D eigenvalue weighted by Gasteiger charge is -2.43. The van der Waals surface area contributed by atoms with Crippen LogP contribution in [0.25, 0.3) is 0 Å². The molecule has 26 heavy (non-hydrogen) atoms. The van der Waals surface area contributed by atoms with Gasteiger partial charge in [0.05, 0.1) is 7.11 Å². The van der Waals surface area contributed by atoms with Crippen molar-refractivity contribution in [1.29, 1.82) is 0 Å². The van der Waals surface area contributed by atoms with Gasteiger partial charge in [-0.25, -0.2) is 0 Å². The van der Waals surface area contributed by atoms with E-state index < -0.39 is 0 Å². The number of nitrogens with two attached hydrogens (primary N) is 1. The maximum Gasteiger partial charge on any atom is 0.253 e. The molecule has 0 unspecified atom stereocenters. The molecule has 0 aliphatic carbocycles. The molecule has 142 valence electrons. The molecule has 0 radical (unpaired) electrons. The number of nitrogens with zero attached hydrogens (tertiary/aromatic N) is 2. The standard InChI is InChI=1S/C19H27N3O4/c1-21-17(23)5-6-19(21)7-10-22(11-8-19)18(24)14-3-4-15(26-12-9-20)16(13-14)25-2/h3-4,13H,5-12,20H2,1-2H3. The molecule has 1 aromatic carbocycles. The second-order valence-corrected chi connectivity index (χ2v) is 6.97. The summed E-state index contributed by atoms with van der Waals surface area (Å²) in [5.74, 6) is 1.30. The molecule has 2 aliphatic rings. The number of piperidine rings is 1. The quantitative estimate of drug-likeness (QED) is 0.853. The summed E-state index contributed by atoms with van der Waals surface area (Å²) in [6.07, 6.45) is 3.17. The van der Waals surface area contributed by atoms with Gasteiger partial charge >= 0.3 is 0 Å². The van der Waals surface area contributed by atoms with E-state index in [4.69, 9.17) is 15.2 Å². The summed E-state index contributed by atoms with van der Waals surface area (Å²) >= 11 is 0. The summed E-state index contributed by atoms with van der Waals surface area (Å²) in [7, 11) is 3.44. The summed E-state index contributed by atoms with van der Waals surface area (Å²) in [5, 5.41) is 0. The molecule has 1 spiro atoms. The van der Waals surface area contributed by atoms with Crippen LogP contribution in [0.2, 0.25) is 0 Å². The molecule has 2 N–H and O–H groups in total. The van der Waals surface area contributed by atoms with Crippen molar-refractivity contribution in [1.82, 2.24) is 9.80 Å². The Morgan fingerprint density at radius 1 is 1.23 bits per heavy atom. The third-order valence-corrected chi connectivity index (χ3v) is 5.66. The van der Waals surface area contributed by atoms with Crippen molar-refractivity contribution in [3.8, 4) is 11.5 Å². The Labute approximate surface area is 154 Å². The zero-order valence-electron chi connectivity index (χ0n) is 15.5. The van der Waals surface area contributed by atoms with Gasteiger partial charge in [-0.2, -0.15) is 0 Å². The summed E-state index contributed by atoms with van der Waals surface area (Å²) < 4.78 is 10.9. The Morgan fingerprint density at radius 3 is 2.54 bits per heavy atom. The monoisotopic (exact) mass is 361 g/mol. The fourth-order valence-electron chi connectivity index (χ4n) is 3.92. The Kier molecular flexibility index (Phi) is 5.36. The van der Waals surface area contributed by atoms with Crippen LogP contribution >= 0.6 is 0 Å². The highest BCUT2D eigenvalue weighted by atomic mass is 16.5. The van der Waals surface area contributed by atoms with E-state index >= 15 is 0 Å². The van der Waals surface area contributed by atoms with Crippen LogP contribution in [0.5, 0.6) is 11.5 Å². The maximum atomic E-state index is 12.9. The van der Waals surface area contributed by atoms with Gasteiger partial charge in [-0.15, -0.1) is 0 Å². The van der Waals surface area contributed by atoms with Gasteiger partial charge in [0, 0.05) is 44.2 Å². The van der Waals surface area contributed by atoms with E-state index in [-0.39, 0.29) is 17.4 Å². The fourth-order valence-corrected chi connectivity index (χ4v) is 3.92. The van der Waals surface area contributed by atoms with Crippen molar-refractivity contribution in [3.05, 3.63) is 23.8 Å². The van der Waals surface area contributed by atoms with Crippen LogP contribution in [0.1, 0.15) is 36.0 Å².